The molecule has 5 aliphatic rings. The molecule has 0 aromatic carbocycles. The number of carboxylic acids is 1. The van der Waals surface area contributed by atoms with Gasteiger partial charge in [0.2, 0.25) is 0 Å². The first-order valence-electron chi connectivity index (χ1n) is 14.9. The molecule has 1 saturated heterocycles. The third-order valence-electron chi connectivity index (χ3n) is 11.5. The zero-order valence-corrected chi connectivity index (χ0v) is 23.8. The predicted molar refractivity (Wildman–Crippen MR) is 150 cm³/mol. The van der Waals surface area contributed by atoms with E-state index in [2.05, 4.69) is 18.8 Å². The van der Waals surface area contributed by atoms with Crippen LogP contribution in [0.25, 0.3) is 0 Å². The highest BCUT2D eigenvalue weighted by Gasteiger charge is 2.80. The molecule has 0 amide bonds. The number of aliphatic hydroxyl groups is 1. The maximum Gasteiger partial charge on any atom is 0.335 e. The molecule has 40 heavy (non-hydrogen) atoms. The van der Waals surface area contributed by atoms with Crippen molar-refractivity contribution < 1.29 is 24.2 Å². The van der Waals surface area contributed by atoms with Crippen molar-refractivity contribution in [2.24, 2.45) is 50.8 Å². The molecule has 4 aliphatic carbocycles. The predicted octanol–water partition coefficient (Wildman–Crippen LogP) is 2.71. The van der Waals surface area contributed by atoms with E-state index in [0.29, 0.717) is 48.7 Å². The van der Waals surface area contributed by atoms with Crippen molar-refractivity contribution >= 4 is 11.9 Å². The van der Waals surface area contributed by atoms with Gasteiger partial charge in [0.25, 0.3) is 0 Å². The third-order valence-corrected chi connectivity index (χ3v) is 11.5. The van der Waals surface area contributed by atoms with E-state index < -0.39 is 12.0 Å². The fraction of sp³-hybridized carbons (Fsp3) is 0.767. The van der Waals surface area contributed by atoms with Crippen molar-refractivity contribution in [1.82, 2.24) is 0 Å². The van der Waals surface area contributed by atoms with Crippen LogP contribution in [-0.4, -0.2) is 52.5 Å². The van der Waals surface area contributed by atoms with Crippen molar-refractivity contribution in [3.63, 3.8) is 0 Å². The summed E-state index contributed by atoms with van der Waals surface area (Å²) >= 11 is 0. The van der Waals surface area contributed by atoms with Gasteiger partial charge in [0.15, 0.2) is 5.96 Å². The van der Waals surface area contributed by atoms with Gasteiger partial charge in [-0.2, -0.15) is 0 Å². The van der Waals surface area contributed by atoms with Crippen LogP contribution >= 0.6 is 0 Å². The van der Waals surface area contributed by atoms with Crippen molar-refractivity contribution in [2.45, 2.75) is 108 Å². The highest BCUT2D eigenvalue weighted by Crippen LogP contribution is 2.77. The van der Waals surface area contributed by atoms with E-state index in [1.54, 1.807) is 12.3 Å². The number of carboxylic acid groups (broad SMARTS) is 1. The number of aliphatic imine (C=N–C) groups is 1. The lowest BCUT2D eigenvalue weighted by molar-refractivity contribution is -0.139. The molecule has 5 fully saturated rings. The van der Waals surface area contributed by atoms with Gasteiger partial charge in [0.05, 0.1) is 18.5 Å². The number of carbonyl (C=O) groups is 1. The Bertz CT molecular complexity index is 1160. The molecule has 4 saturated carbocycles. The summed E-state index contributed by atoms with van der Waals surface area (Å²) in [5, 5.41) is 18.6. The molecule has 1 spiro atoms. The third kappa shape index (κ3) is 4.86. The lowest BCUT2D eigenvalue weighted by Crippen LogP contribution is -2.58. The molecule has 1 aromatic heterocycles. The van der Waals surface area contributed by atoms with Crippen molar-refractivity contribution in [1.29, 1.82) is 0 Å². The molecular formula is C30H46N4O6. The highest BCUT2D eigenvalue weighted by atomic mass is 16.6. The minimum absolute atomic E-state index is 0.0129. The minimum atomic E-state index is -1.00. The number of hydrogen-bond acceptors (Lipinski definition) is 7. The molecule has 1 unspecified atom stereocenters. The summed E-state index contributed by atoms with van der Waals surface area (Å²) in [6.07, 6.45) is 12.1. The molecule has 10 nitrogen and oxygen atoms in total. The van der Waals surface area contributed by atoms with Gasteiger partial charge in [-0.25, -0.2) is 4.79 Å². The van der Waals surface area contributed by atoms with E-state index >= 15 is 0 Å². The van der Waals surface area contributed by atoms with Crippen molar-refractivity contribution in [3.05, 3.63) is 34.4 Å². The van der Waals surface area contributed by atoms with Crippen LogP contribution in [0.3, 0.4) is 0 Å². The maximum absolute atomic E-state index is 11.4. The van der Waals surface area contributed by atoms with Crippen LogP contribution in [0.2, 0.25) is 0 Å². The fourth-order valence-electron chi connectivity index (χ4n) is 9.38. The molecule has 10 heteroatoms. The van der Waals surface area contributed by atoms with E-state index in [1.807, 2.05) is 6.07 Å². The molecule has 8 N–H and O–H groups in total. The number of guanidine groups is 1. The Hall–Kier alpha value is -2.43. The smallest absolute Gasteiger partial charge is 0.335 e. The van der Waals surface area contributed by atoms with Gasteiger partial charge in [-0.15, -0.1) is 0 Å². The largest absolute Gasteiger partial charge is 0.480 e. The molecule has 222 valence electrons. The molecule has 1 aliphatic heterocycles. The van der Waals surface area contributed by atoms with Crippen LogP contribution < -0.4 is 22.8 Å². The zero-order valence-electron chi connectivity index (χ0n) is 23.8. The lowest BCUT2D eigenvalue weighted by atomic mass is 9.44. The summed E-state index contributed by atoms with van der Waals surface area (Å²) in [5.41, 5.74) is 16.8. The average Bonchev–Trinajstić information content (AvgIpc) is 3.57. The number of epoxide rings is 1. The average molecular weight is 559 g/mol. The normalized spacial score (nSPS) is 41.6. The standard InChI is InChI=1S/C24H32O4.C6H14N4O2/c1-22-9-7-16(25)11-15(22)4-5-18-17(22)8-10-23(2)19(12-20-24(18,23)28-20)14-3-6-21(26)27-13-14;7-4(5(11)12)2-1-3-10-6(8)9/h3,6,13,15-20,25H,4-5,7-12H2,1-2H3;4H,1-3,7H2,(H,11,12)(H4,8,9,10)/t15-,16+,17+,18-,19-,20-,22+,23-,24-;/m1./s1. The first-order valence-corrected chi connectivity index (χ1v) is 14.9. The van der Waals surface area contributed by atoms with E-state index in [1.165, 1.54) is 37.7 Å². The van der Waals surface area contributed by atoms with Crippen LogP contribution in [0.5, 0.6) is 0 Å². The van der Waals surface area contributed by atoms with Gasteiger partial charge in [0.1, 0.15) is 11.6 Å². The number of aliphatic hydroxyl groups excluding tert-OH is 1. The lowest BCUT2D eigenvalue weighted by Gasteiger charge is -2.61. The van der Waals surface area contributed by atoms with Gasteiger partial charge in [-0.05, 0) is 105 Å². The minimum Gasteiger partial charge on any atom is -0.480 e. The highest BCUT2D eigenvalue weighted by molar-refractivity contribution is 5.75. The van der Waals surface area contributed by atoms with Crippen LogP contribution in [-0.2, 0) is 9.53 Å². The Kier molecular flexibility index (Phi) is 7.82. The van der Waals surface area contributed by atoms with Gasteiger partial charge >= 0.3 is 11.6 Å². The topological polar surface area (TPSA) is 191 Å². The van der Waals surface area contributed by atoms with E-state index in [0.717, 1.165) is 25.2 Å². The quantitative estimate of drug-likeness (QED) is 0.151. The van der Waals surface area contributed by atoms with Crippen LogP contribution in [0.15, 0.2) is 32.6 Å². The summed E-state index contributed by atoms with van der Waals surface area (Å²) in [4.78, 5) is 25.3. The van der Waals surface area contributed by atoms with Gasteiger partial charge in [-0.1, -0.05) is 13.8 Å². The SMILES string of the molecule is C[C@]12CC[C@H](O)C[C@H]1CC[C@@H]1[C@@H]2CC[C@]2(C)[C@@H](c3ccc(=O)oc3)C[C@H]3O[C@]132.NC(N)=NCCCC(N)C(=O)O. The molecule has 2 heterocycles. The summed E-state index contributed by atoms with van der Waals surface area (Å²) in [6, 6.07) is 2.73. The summed E-state index contributed by atoms with van der Waals surface area (Å²) < 4.78 is 11.8. The second-order valence-corrected chi connectivity index (χ2v) is 13.3. The maximum atomic E-state index is 11.4. The number of nitrogens with zero attached hydrogens (tertiary/aromatic N) is 1. The van der Waals surface area contributed by atoms with Crippen LogP contribution in [0.4, 0.5) is 0 Å². The van der Waals surface area contributed by atoms with Crippen LogP contribution in [0.1, 0.15) is 89.5 Å². The zero-order chi connectivity index (χ0) is 28.9. The summed E-state index contributed by atoms with van der Waals surface area (Å²) in [6.45, 7) is 5.39. The van der Waals surface area contributed by atoms with Crippen molar-refractivity contribution in [2.75, 3.05) is 6.54 Å². The first-order chi connectivity index (χ1) is 18.9. The van der Waals surface area contributed by atoms with Crippen LogP contribution in [0, 0.1) is 28.6 Å². The van der Waals surface area contributed by atoms with E-state index in [9.17, 15) is 14.7 Å². The summed E-state index contributed by atoms with van der Waals surface area (Å²) in [7, 11) is 0. The number of aliphatic carboxylic acids is 1. The molecular weight excluding hydrogens is 512 g/mol. The Balaban J connectivity index is 0.000000230. The first kappa shape index (κ1) is 29.1. The number of ether oxygens (including phenoxy) is 1. The Labute approximate surface area is 235 Å². The van der Waals surface area contributed by atoms with Crippen molar-refractivity contribution in [3.8, 4) is 0 Å². The Morgan fingerprint density at radius 1 is 1.12 bits per heavy atom. The molecule has 0 bridgehead atoms. The van der Waals surface area contributed by atoms with Gasteiger partial charge in [-0.3, -0.25) is 9.79 Å². The number of rotatable bonds is 6. The molecule has 6 rings (SSSR count). The summed E-state index contributed by atoms with van der Waals surface area (Å²) in [5.74, 6) is 1.49. The second kappa shape index (κ2) is 10.8. The molecule has 0 radical (unpaired) electrons. The van der Waals surface area contributed by atoms with Gasteiger partial charge < -0.3 is 36.6 Å². The van der Waals surface area contributed by atoms with E-state index in [4.69, 9.17) is 31.5 Å². The number of fused-ring (bicyclic) bond motifs is 3. The fourth-order valence-corrected chi connectivity index (χ4v) is 9.38. The van der Waals surface area contributed by atoms with E-state index in [-0.39, 0.29) is 28.7 Å². The van der Waals surface area contributed by atoms with Gasteiger partial charge in [0, 0.05) is 18.0 Å². The molecule has 1 aromatic rings. The second-order valence-electron chi connectivity index (χ2n) is 13.3. The Morgan fingerprint density at radius 3 is 2.58 bits per heavy atom. The molecule has 10 atom stereocenters. The number of nitrogens with two attached hydrogens (primary N) is 3. The number of hydrogen-bond donors (Lipinski definition) is 5. The Morgan fingerprint density at radius 2 is 1.90 bits per heavy atom. The monoisotopic (exact) mass is 558 g/mol.